The van der Waals surface area contributed by atoms with Gasteiger partial charge in [0, 0.05) is 12.6 Å². The topological polar surface area (TPSA) is 66.8 Å². The van der Waals surface area contributed by atoms with Crippen molar-refractivity contribution in [2.75, 3.05) is 7.05 Å². The fourth-order valence-electron chi connectivity index (χ4n) is 1.53. The summed E-state index contributed by atoms with van der Waals surface area (Å²) in [6.45, 7) is 10.7. The Labute approximate surface area is 115 Å². The summed E-state index contributed by atoms with van der Waals surface area (Å²) in [6.07, 6.45) is 1.12. The number of carboxylic acids is 1. The third-order valence-electron chi connectivity index (χ3n) is 2.57. The molecule has 19 heavy (non-hydrogen) atoms. The van der Waals surface area contributed by atoms with Crippen LogP contribution < -0.4 is 0 Å². The zero-order valence-corrected chi connectivity index (χ0v) is 12.9. The Morgan fingerprint density at radius 1 is 1.26 bits per heavy atom. The molecule has 0 rings (SSSR count). The molecule has 0 aliphatic rings. The van der Waals surface area contributed by atoms with E-state index in [9.17, 15) is 9.59 Å². The van der Waals surface area contributed by atoms with Crippen LogP contribution in [0.5, 0.6) is 0 Å². The number of amides is 1. The van der Waals surface area contributed by atoms with E-state index in [4.69, 9.17) is 9.84 Å². The zero-order valence-electron chi connectivity index (χ0n) is 12.9. The second-order valence-electron chi connectivity index (χ2n) is 5.98. The smallest absolute Gasteiger partial charge is 0.410 e. The lowest BCUT2D eigenvalue weighted by molar-refractivity contribution is -0.132. The van der Waals surface area contributed by atoms with E-state index in [1.54, 1.807) is 33.9 Å². The van der Waals surface area contributed by atoms with Gasteiger partial charge in [-0.15, -0.1) is 0 Å². The highest BCUT2D eigenvalue weighted by Gasteiger charge is 2.26. The van der Waals surface area contributed by atoms with Crippen LogP contribution in [0.15, 0.2) is 11.6 Å². The molecule has 0 bridgehead atoms. The summed E-state index contributed by atoms with van der Waals surface area (Å²) >= 11 is 0. The van der Waals surface area contributed by atoms with Crippen LogP contribution in [0.3, 0.4) is 0 Å². The monoisotopic (exact) mass is 271 g/mol. The molecule has 5 heteroatoms. The van der Waals surface area contributed by atoms with Crippen molar-refractivity contribution >= 4 is 12.1 Å². The third-order valence-corrected chi connectivity index (χ3v) is 2.57. The summed E-state index contributed by atoms with van der Waals surface area (Å²) in [5.41, 5.74) is -0.354. The molecule has 0 saturated heterocycles. The van der Waals surface area contributed by atoms with Gasteiger partial charge in [-0.2, -0.15) is 0 Å². The van der Waals surface area contributed by atoms with Crippen molar-refractivity contribution in [2.45, 2.75) is 53.2 Å². The number of nitrogens with zero attached hydrogens (tertiary/aromatic N) is 1. The summed E-state index contributed by atoms with van der Waals surface area (Å²) in [4.78, 5) is 24.3. The average molecular weight is 271 g/mol. The number of rotatable bonds is 4. The first-order valence-electron chi connectivity index (χ1n) is 6.33. The Balaban J connectivity index is 5.06. The molecule has 0 radical (unpaired) electrons. The summed E-state index contributed by atoms with van der Waals surface area (Å²) < 4.78 is 5.28. The molecule has 0 unspecified atom stereocenters. The summed E-state index contributed by atoms with van der Waals surface area (Å²) in [7, 11) is 1.62. The molecule has 1 atom stereocenters. The number of ether oxygens (including phenoxy) is 1. The predicted molar refractivity (Wildman–Crippen MR) is 74.0 cm³/mol. The van der Waals surface area contributed by atoms with Crippen LogP contribution in [0.2, 0.25) is 0 Å². The molecule has 0 aromatic heterocycles. The standard InChI is InChI=1S/C14H25NO4/c1-9(2)11(8-10(3)12(16)17)15(7)13(18)19-14(4,5)6/h8-9,11H,1-7H3,(H,16,17)/b10-8+/t11-/m1/s1. The summed E-state index contributed by atoms with van der Waals surface area (Å²) in [6, 6.07) is -0.314. The van der Waals surface area contributed by atoms with Gasteiger partial charge < -0.3 is 14.7 Å². The molecule has 110 valence electrons. The molecule has 0 fully saturated rings. The quantitative estimate of drug-likeness (QED) is 0.798. The van der Waals surface area contributed by atoms with Crippen LogP contribution in [-0.4, -0.2) is 40.8 Å². The number of carboxylic acid groups (broad SMARTS) is 1. The molecule has 0 aromatic rings. The number of carbonyl (C=O) groups is 2. The van der Waals surface area contributed by atoms with Gasteiger partial charge in [0.1, 0.15) is 5.60 Å². The highest BCUT2D eigenvalue weighted by Crippen LogP contribution is 2.17. The lowest BCUT2D eigenvalue weighted by Gasteiger charge is -2.31. The summed E-state index contributed by atoms with van der Waals surface area (Å²) in [5, 5.41) is 8.92. The van der Waals surface area contributed by atoms with Gasteiger partial charge in [0.05, 0.1) is 6.04 Å². The maximum Gasteiger partial charge on any atom is 0.410 e. The van der Waals surface area contributed by atoms with Gasteiger partial charge in [-0.1, -0.05) is 19.9 Å². The van der Waals surface area contributed by atoms with Crippen molar-refractivity contribution in [1.29, 1.82) is 0 Å². The van der Waals surface area contributed by atoms with E-state index >= 15 is 0 Å². The molecule has 0 heterocycles. The minimum absolute atomic E-state index is 0.0896. The molecule has 0 spiro atoms. The Hall–Kier alpha value is -1.52. The van der Waals surface area contributed by atoms with Gasteiger partial charge in [-0.3, -0.25) is 0 Å². The van der Waals surface area contributed by atoms with Gasteiger partial charge in [0.25, 0.3) is 0 Å². The molecular formula is C14H25NO4. The van der Waals surface area contributed by atoms with Crippen molar-refractivity contribution in [3.05, 3.63) is 11.6 Å². The van der Waals surface area contributed by atoms with Crippen LogP contribution >= 0.6 is 0 Å². The molecule has 5 nitrogen and oxygen atoms in total. The Morgan fingerprint density at radius 3 is 2.05 bits per heavy atom. The van der Waals surface area contributed by atoms with E-state index in [2.05, 4.69) is 0 Å². The highest BCUT2D eigenvalue weighted by atomic mass is 16.6. The SMILES string of the molecule is C/C(=C\[C@H](C(C)C)N(C)C(=O)OC(C)(C)C)C(=O)O. The number of likely N-dealkylation sites (N-methyl/N-ethyl adjacent to an activating group) is 1. The second kappa shape index (κ2) is 6.59. The highest BCUT2D eigenvalue weighted by molar-refractivity contribution is 5.86. The van der Waals surface area contributed by atoms with Crippen molar-refractivity contribution in [1.82, 2.24) is 4.90 Å². The lowest BCUT2D eigenvalue weighted by atomic mass is 10.0. The van der Waals surface area contributed by atoms with E-state index in [-0.39, 0.29) is 17.5 Å². The first kappa shape index (κ1) is 17.5. The maximum atomic E-state index is 12.0. The van der Waals surface area contributed by atoms with Crippen LogP contribution in [-0.2, 0) is 9.53 Å². The fourth-order valence-corrected chi connectivity index (χ4v) is 1.53. The van der Waals surface area contributed by atoms with Crippen molar-refractivity contribution < 1.29 is 19.4 Å². The van der Waals surface area contributed by atoms with Crippen molar-refractivity contribution in [2.24, 2.45) is 5.92 Å². The van der Waals surface area contributed by atoms with Gasteiger partial charge >= 0.3 is 12.1 Å². The molecule has 1 N–H and O–H groups in total. The molecule has 0 aromatic carbocycles. The van der Waals surface area contributed by atoms with Crippen LogP contribution in [0.25, 0.3) is 0 Å². The molecule has 0 saturated carbocycles. The van der Waals surface area contributed by atoms with Crippen molar-refractivity contribution in [3.8, 4) is 0 Å². The van der Waals surface area contributed by atoms with E-state index in [1.807, 2.05) is 13.8 Å². The number of hydrogen-bond donors (Lipinski definition) is 1. The molecule has 0 aliphatic heterocycles. The summed E-state index contributed by atoms with van der Waals surface area (Å²) in [5.74, 6) is -0.893. The third kappa shape index (κ3) is 6.27. The Morgan fingerprint density at radius 2 is 1.74 bits per heavy atom. The van der Waals surface area contributed by atoms with Crippen LogP contribution in [0, 0.1) is 5.92 Å². The number of hydrogen-bond acceptors (Lipinski definition) is 3. The second-order valence-corrected chi connectivity index (χ2v) is 5.98. The average Bonchev–Trinajstić information content (AvgIpc) is 2.21. The Bertz CT molecular complexity index is 366. The van der Waals surface area contributed by atoms with Crippen molar-refractivity contribution in [3.63, 3.8) is 0 Å². The van der Waals surface area contributed by atoms with Gasteiger partial charge in [-0.05, 0) is 33.6 Å². The normalized spacial score (nSPS) is 14.2. The number of carbonyl (C=O) groups excluding carboxylic acids is 1. The molecule has 1 amide bonds. The minimum Gasteiger partial charge on any atom is -0.478 e. The first-order chi connectivity index (χ1) is 8.45. The lowest BCUT2D eigenvalue weighted by Crippen LogP contribution is -2.42. The van der Waals surface area contributed by atoms with Gasteiger partial charge in [0.2, 0.25) is 0 Å². The first-order valence-corrected chi connectivity index (χ1v) is 6.33. The van der Waals surface area contributed by atoms with Crippen LogP contribution in [0.4, 0.5) is 4.79 Å². The van der Waals surface area contributed by atoms with Crippen LogP contribution in [0.1, 0.15) is 41.5 Å². The minimum atomic E-state index is -0.983. The number of aliphatic carboxylic acids is 1. The molecular weight excluding hydrogens is 246 g/mol. The van der Waals surface area contributed by atoms with E-state index in [1.165, 1.54) is 11.8 Å². The maximum absolute atomic E-state index is 12.0. The van der Waals surface area contributed by atoms with E-state index in [0.717, 1.165) is 0 Å². The van der Waals surface area contributed by atoms with E-state index in [0.29, 0.717) is 0 Å². The Kier molecular flexibility index (Phi) is 6.06. The fraction of sp³-hybridized carbons (Fsp3) is 0.714. The van der Waals surface area contributed by atoms with Gasteiger partial charge in [-0.25, -0.2) is 9.59 Å². The zero-order chi connectivity index (χ0) is 15.4. The largest absolute Gasteiger partial charge is 0.478 e. The predicted octanol–water partition coefficient (Wildman–Crippen LogP) is 2.91. The van der Waals surface area contributed by atoms with E-state index < -0.39 is 17.7 Å². The molecule has 0 aliphatic carbocycles. The van der Waals surface area contributed by atoms with Gasteiger partial charge in [0.15, 0.2) is 0 Å².